The summed E-state index contributed by atoms with van der Waals surface area (Å²) in [6.07, 6.45) is 6.07. The second kappa shape index (κ2) is 7.80. The predicted octanol–water partition coefficient (Wildman–Crippen LogP) is 5.21. The Labute approximate surface area is 162 Å². The highest BCUT2D eigenvalue weighted by atomic mass is 19.1. The molecule has 4 rings (SSSR count). The van der Waals surface area contributed by atoms with Gasteiger partial charge in [0.15, 0.2) is 11.6 Å². The first kappa shape index (κ1) is 18.2. The molecule has 28 heavy (non-hydrogen) atoms. The molecule has 144 valence electrons. The van der Waals surface area contributed by atoms with E-state index in [0.29, 0.717) is 34.5 Å². The molecular formula is C21H21FN4O2. The Morgan fingerprint density at radius 1 is 1.32 bits per heavy atom. The fourth-order valence-electron chi connectivity index (χ4n) is 3.54. The number of hydrazone groups is 1. The van der Waals surface area contributed by atoms with Crippen LogP contribution in [0.25, 0.3) is 0 Å². The predicted molar refractivity (Wildman–Crippen MR) is 105 cm³/mol. The molecule has 1 aromatic carbocycles. The van der Waals surface area contributed by atoms with Crippen LogP contribution in [-0.4, -0.2) is 27.8 Å². The van der Waals surface area contributed by atoms with E-state index in [4.69, 9.17) is 14.4 Å². The zero-order valence-electron chi connectivity index (χ0n) is 15.6. The molecule has 2 aromatic rings. The van der Waals surface area contributed by atoms with Crippen LogP contribution in [0.15, 0.2) is 75.2 Å². The van der Waals surface area contributed by atoms with Gasteiger partial charge in [0.05, 0.1) is 12.1 Å². The van der Waals surface area contributed by atoms with Gasteiger partial charge < -0.3 is 9.26 Å². The van der Waals surface area contributed by atoms with Crippen LogP contribution in [0.1, 0.15) is 38.4 Å². The minimum Gasteiger partial charge on any atom is -0.436 e. The monoisotopic (exact) mass is 380 g/mol. The summed E-state index contributed by atoms with van der Waals surface area (Å²) >= 11 is 0. The molecule has 7 heteroatoms. The number of hydrogen-bond donors (Lipinski definition) is 0. The summed E-state index contributed by atoms with van der Waals surface area (Å²) in [5, 5.41) is 10.5. The van der Waals surface area contributed by atoms with Crippen LogP contribution in [0.5, 0.6) is 11.6 Å². The number of ether oxygens (including phenoxy) is 1. The molecule has 0 amide bonds. The third-order valence-electron chi connectivity index (χ3n) is 4.79. The Morgan fingerprint density at radius 2 is 2.07 bits per heavy atom. The molecule has 2 aliphatic rings. The van der Waals surface area contributed by atoms with E-state index in [1.807, 2.05) is 43.3 Å². The number of aliphatic imine (C=N–C) groups is 1. The summed E-state index contributed by atoms with van der Waals surface area (Å²) in [5.41, 5.74) is 1.25. The summed E-state index contributed by atoms with van der Waals surface area (Å²) in [7, 11) is 0. The maximum atomic E-state index is 13.6. The summed E-state index contributed by atoms with van der Waals surface area (Å²) in [5.74, 6) is 1.13. The molecule has 0 N–H and O–H groups in total. The van der Waals surface area contributed by atoms with E-state index in [-0.39, 0.29) is 6.04 Å². The van der Waals surface area contributed by atoms with Gasteiger partial charge in [0.2, 0.25) is 5.95 Å². The molecule has 0 saturated heterocycles. The van der Waals surface area contributed by atoms with Crippen molar-refractivity contribution in [1.82, 2.24) is 10.2 Å². The van der Waals surface area contributed by atoms with Gasteiger partial charge in [-0.05, 0) is 43.6 Å². The molecule has 0 radical (unpaired) electrons. The number of hydrogen-bond acceptors (Lipinski definition) is 5. The number of nitrogens with zero attached hydrogens (tertiary/aromatic N) is 4. The second-order valence-electron chi connectivity index (χ2n) is 6.69. The molecule has 1 fully saturated rings. The molecule has 0 atom stereocenters. The van der Waals surface area contributed by atoms with Crippen LogP contribution in [-0.2, 0) is 0 Å². The minimum absolute atomic E-state index is 0.188. The van der Waals surface area contributed by atoms with E-state index in [2.05, 4.69) is 16.7 Å². The summed E-state index contributed by atoms with van der Waals surface area (Å²) in [6.45, 7) is 5.14. The number of aromatic nitrogens is 1. The van der Waals surface area contributed by atoms with Gasteiger partial charge in [-0.3, -0.25) is 0 Å². The molecule has 1 aliphatic heterocycles. The number of allylic oxidation sites excluding steroid dienone is 1. The van der Waals surface area contributed by atoms with Crippen LogP contribution in [0.4, 0.5) is 4.39 Å². The molecule has 1 aliphatic carbocycles. The molecule has 1 aromatic heterocycles. The van der Waals surface area contributed by atoms with Gasteiger partial charge in [-0.25, -0.2) is 10.0 Å². The average molecular weight is 380 g/mol. The quantitative estimate of drug-likeness (QED) is 0.668. The van der Waals surface area contributed by atoms with Gasteiger partial charge in [-0.1, -0.05) is 37.1 Å². The van der Waals surface area contributed by atoms with Crippen molar-refractivity contribution in [2.24, 2.45) is 10.1 Å². The van der Waals surface area contributed by atoms with Crippen molar-refractivity contribution < 1.29 is 13.7 Å². The zero-order chi connectivity index (χ0) is 19.5. The van der Waals surface area contributed by atoms with Crippen LogP contribution >= 0.6 is 0 Å². The van der Waals surface area contributed by atoms with Gasteiger partial charge in [0.1, 0.15) is 11.5 Å². The standard InChI is InChI=1S/C21H21FN4O2/c1-3-17-20(18-13-19(25-28-18)27-16-11-5-4-6-12-16)24-26(15-9-7-8-10-15)21(17)23-14(2)22/h3-6,11-13,15H,2,7-10H2,1H3/b17-3-,23-21+. The molecule has 0 spiro atoms. The molecule has 0 bridgehead atoms. The first-order valence-corrected chi connectivity index (χ1v) is 9.33. The van der Waals surface area contributed by atoms with E-state index >= 15 is 0 Å². The lowest BCUT2D eigenvalue weighted by molar-refractivity contribution is 0.334. The highest BCUT2D eigenvalue weighted by Crippen LogP contribution is 2.32. The Morgan fingerprint density at radius 3 is 2.75 bits per heavy atom. The van der Waals surface area contributed by atoms with Crippen molar-refractivity contribution in [2.45, 2.75) is 38.6 Å². The van der Waals surface area contributed by atoms with Crippen molar-refractivity contribution in [3.63, 3.8) is 0 Å². The highest BCUT2D eigenvalue weighted by molar-refractivity contribution is 6.31. The lowest BCUT2D eigenvalue weighted by atomic mass is 10.1. The molecule has 1 saturated carbocycles. The number of amidine groups is 1. The van der Waals surface area contributed by atoms with Gasteiger partial charge in [0, 0.05) is 5.57 Å². The fourth-order valence-corrected chi connectivity index (χ4v) is 3.54. The SMILES string of the molecule is C=C(F)/N=C1\C(=C/C)C(c2cc(Oc3ccccc3)no2)=NN1C1CCCC1. The van der Waals surface area contributed by atoms with E-state index < -0.39 is 5.95 Å². The third-order valence-corrected chi connectivity index (χ3v) is 4.79. The molecule has 6 nitrogen and oxygen atoms in total. The van der Waals surface area contributed by atoms with Crippen molar-refractivity contribution >= 4 is 11.5 Å². The first-order chi connectivity index (χ1) is 13.7. The molecule has 2 heterocycles. The second-order valence-corrected chi connectivity index (χ2v) is 6.69. The van der Waals surface area contributed by atoms with E-state index in [9.17, 15) is 4.39 Å². The Balaban J connectivity index is 1.66. The normalized spacial score (nSPS) is 20.2. The van der Waals surface area contributed by atoms with Crippen molar-refractivity contribution in [1.29, 1.82) is 0 Å². The van der Waals surface area contributed by atoms with E-state index in [1.165, 1.54) is 0 Å². The van der Waals surface area contributed by atoms with Gasteiger partial charge in [0.25, 0.3) is 5.88 Å². The average Bonchev–Trinajstić information content (AvgIpc) is 3.41. The van der Waals surface area contributed by atoms with Crippen molar-refractivity contribution in [3.05, 3.63) is 66.3 Å². The Kier molecular flexibility index (Phi) is 5.06. The van der Waals surface area contributed by atoms with Gasteiger partial charge >= 0.3 is 0 Å². The van der Waals surface area contributed by atoms with Crippen molar-refractivity contribution in [3.8, 4) is 11.6 Å². The lowest BCUT2D eigenvalue weighted by Gasteiger charge is -2.22. The lowest BCUT2D eigenvalue weighted by Crippen LogP contribution is -2.31. The summed E-state index contributed by atoms with van der Waals surface area (Å²) in [6, 6.07) is 11.2. The van der Waals surface area contributed by atoms with Crippen LogP contribution < -0.4 is 4.74 Å². The number of benzene rings is 1. The molecular weight excluding hydrogens is 359 g/mol. The highest BCUT2D eigenvalue weighted by Gasteiger charge is 2.36. The number of halogens is 1. The van der Waals surface area contributed by atoms with Gasteiger partial charge in [-0.15, -0.1) is 0 Å². The Hall–Kier alpha value is -3.22. The largest absolute Gasteiger partial charge is 0.436 e. The topological polar surface area (TPSA) is 63.2 Å². The van der Waals surface area contributed by atoms with Crippen LogP contribution in [0.3, 0.4) is 0 Å². The van der Waals surface area contributed by atoms with Gasteiger partial charge in [-0.2, -0.15) is 9.49 Å². The Bertz CT molecular complexity index is 956. The maximum absolute atomic E-state index is 13.6. The van der Waals surface area contributed by atoms with E-state index in [0.717, 1.165) is 25.7 Å². The summed E-state index contributed by atoms with van der Waals surface area (Å²) < 4.78 is 24.7. The van der Waals surface area contributed by atoms with Crippen molar-refractivity contribution in [2.75, 3.05) is 0 Å². The molecule has 0 unspecified atom stereocenters. The van der Waals surface area contributed by atoms with Crippen LogP contribution in [0, 0.1) is 0 Å². The maximum Gasteiger partial charge on any atom is 0.260 e. The van der Waals surface area contributed by atoms with E-state index in [1.54, 1.807) is 11.1 Å². The van der Waals surface area contributed by atoms with Crippen LogP contribution in [0.2, 0.25) is 0 Å². The first-order valence-electron chi connectivity index (χ1n) is 9.33. The minimum atomic E-state index is -0.750. The number of para-hydroxylation sites is 1. The smallest absolute Gasteiger partial charge is 0.260 e. The fraction of sp³-hybridized carbons (Fsp3) is 0.286. The third kappa shape index (κ3) is 3.60. The number of rotatable bonds is 5. The summed E-state index contributed by atoms with van der Waals surface area (Å²) in [4.78, 5) is 4.01. The zero-order valence-corrected chi connectivity index (χ0v) is 15.6.